The molecule has 37 heavy (non-hydrogen) atoms. The van der Waals surface area contributed by atoms with Gasteiger partial charge in [0.2, 0.25) is 0 Å². The fraction of sp³-hybridized carbons (Fsp3) is 0.231. The molecule has 4 aromatic rings. The van der Waals surface area contributed by atoms with E-state index in [0.717, 1.165) is 10.2 Å². The van der Waals surface area contributed by atoms with Crippen molar-refractivity contribution in [2.75, 3.05) is 32.2 Å². The Hall–Kier alpha value is -3.67. The molecule has 0 fully saturated rings. The van der Waals surface area contributed by atoms with Crippen molar-refractivity contribution in [1.29, 1.82) is 0 Å². The highest BCUT2D eigenvalue weighted by molar-refractivity contribution is 7.92. The first kappa shape index (κ1) is 26.4. The molecule has 0 unspecified atom stereocenters. The van der Waals surface area contributed by atoms with Gasteiger partial charge in [0.05, 0.1) is 35.9 Å². The molecular weight excluding hydrogens is 514 g/mol. The average molecular weight is 542 g/mol. The van der Waals surface area contributed by atoms with Crippen molar-refractivity contribution >= 4 is 43.2 Å². The zero-order chi connectivity index (χ0) is 26.4. The predicted molar refractivity (Wildman–Crippen MR) is 143 cm³/mol. The van der Waals surface area contributed by atoms with E-state index in [0.29, 0.717) is 47.3 Å². The SMILES string of the molecule is CCOCCn1c(=NC(=O)c2ccc(NS(=O)(=O)c3ccccc3)cc2)sc2cc(OC)c(OC)cc21. The van der Waals surface area contributed by atoms with E-state index in [-0.39, 0.29) is 4.90 Å². The normalized spacial score (nSPS) is 12.0. The molecule has 0 aliphatic carbocycles. The number of methoxy groups -OCH3 is 2. The largest absolute Gasteiger partial charge is 0.493 e. The number of aromatic nitrogens is 1. The highest BCUT2D eigenvalue weighted by Crippen LogP contribution is 2.33. The van der Waals surface area contributed by atoms with Crippen LogP contribution >= 0.6 is 11.3 Å². The van der Waals surface area contributed by atoms with Gasteiger partial charge >= 0.3 is 0 Å². The molecule has 1 aromatic heterocycles. The van der Waals surface area contributed by atoms with Crippen LogP contribution in [0.5, 0.6) is 11.5 Å². The van der Waals surface area contributed by atoms with Crippen LogP contribution in [0, 0.1) is 0 Å². The number of rotatable bonds is 10. The third kappa shape index (κ3) is 6.01. The highest BCUT2D eigenvalue weighted by Gasteiger charge is 2.16. The van der Waals surface area contributed by atoms with Gasteiger partial charge in [-0.15, -0.1) is 0 Å². The van der Waals surface area contributed by atoms with Crippen molar-refractivity contribution in [2.24, 2.45) is 4.99 Å². The Morgan fingerprint density at radius 2 is 1.68 bits per heavy atom. The number of amides is 1. The van der Waals surface area contributed by atoms with Gasteiger partial charge in [-0.2, -0.15) is 4.99 Å². The number of hydrogen-bond acceptors (Lipinski definition) is 7. The zero-order valence-electron chi connectivity index (χ0n) is 20.6. The van der Waals surface area contributed by atoms with Crippen LogP contribution in [-0.2, 0) is 21.3 Å². The first-order chi connectivity index (χ1) is 17.9. The van der Waals surface area contributed by atoms with Gasteiger partial charge in [-0.25, -0.2) is 8.42 Å². The summed E-state index contributed by atoms with van der Waals surface area (Å²) in [5.74, 6) is 0.706. The van der Waals surface area contributed by atoms with Gasteiger partial charge in [-0.3, -0.25) is 9.52 Å². The van der Waals surface area contributed by atoms with Crippen molar-refractivity contribution in [3.05, 3.63) is 77.1 Å². The van der Waals surface area contributed by atoms with E-state index < -0.39 is 15.9 Å². The summed E-state index contributed by atoms with van der Waals surface area (Å²) < 4.78 is 46.8. The van der Waals surface area contributed by atoms with Crippen LogP contribution in [0.15, 0.2) is 76.6 Å². The van der Waals surface area contributed by atoms with Crippen LogP contribution < -0.4 is 19.0 Å². The maximum Gasteiger partial charge on any atom is 0.279 e. The van der Waals surface area contributed by atoms with E-state index in [2.05, 4.69) is 9.71 Å². The van der Waals surface area contributed by atoms with Crippen molar-refractivity contribution in [2.45, 2.75) is 18.4 Å². The lowest BCUT2D eigenvalue weighted by Gasteiger charge is -2.09. The molecule has 194 valence electrons. The number of anilines is 1. The topological polar surface area (TPSA) is 108 Å². The molecule has 3 aromatic carbocycles. The van der Waals surface area contributed by atoms with Crippen LogP contribution in [-0.4, -0.2) is 46.3 Å². The number of sulfonamides is 1. The van der Waals surface area contributed by atoms with Crippen molar-refractivity contribution < 1.29 is 27.4 Å². The van der Waals surface area contributed by atoms with Crippen LogP contribution in [0.2, 0.25) is 0 Å². The molecule has 1 heterocycles. The lowest BCUT2D eigenvalue weighted by atomic mass is 10.2. The monoisotopic (exact) mass is 541 g/mol. The minimum Gasteiger partial charge on any atom is -0.493 e. The molecule has 0 spiro atoms. The first-order valence-corrected chi connectivity index (χ1v) is 13.8. The molecule has 1 N–H and O–H groups in total. The third-order valence-corrected chi connectivity index (χ3v) is 7.92. The molecule has 0 aliphatic rings. The van der Waals surface area contributed by atoms with Crippen molar-refractivity contribution in [3.8, 4) is 11.5 Å². The number of fused-ring (bicyclic) bond motifs is 1. The Balaban J connectivity index is 1.65. The van der Waals surface area contributed by atoms with E-state index >= 15 is 0 Å². The fourth-order valence-electron chi connectivity index (χ4n) is 3.64. The number of ether oxygens (including phenoxy) is 3. The maximum atomic E-state index is 13.0. The summed E-state index contributed by atoms with van der Waals surface area (Å²) in [6.07, 6.45) is 0. The van der Waals surface area contributed by atoms with E-state index in [9.17, 15) is 13.2 Å². The summed E-state index contributed by atoms with van der Waals surface area (Å²) in [7, 11) is -0.594. The number of benzene rings is 3. The van der Waals surface area contributed by atoms with Gasteiger partial charge < -0.3 is 18.8 Å². The Morgan fingerprint density at radius 3 is 2.32 bits per heavy atom. The number of carbonyl (C=O) groups excluding carboxylic acids is 1. The van der Waals surface area contributed by atoms with Crippen molar-refractivity contribution in [3.63, 3.8) is 0 Å². The van der Waals surface area contributed by atoms with E-state index in [1.807, 2.05) is 23.6 Å². The molecule has 0 bridgehead atoms. The van der Waals surface area contributed by atoms with Crippen LogP contribution in [0.25, 0.3) is 10.2 Å². The maximum absolute atomic E-state index is 13.0. The smallest absolute Gasteiger partial charge is 0.279 e. The molecule has 9 nitrogen and oxygen atoms in total. The molecule has 4 rings (SSSR count). The second-order valence-corrected chi connectivity index (χ2v) is 10.5. The van der Waals surface area contributed by atoms with E-state index in [1.54, 1.807) is 44.6 Å². The number of hydrogen-bond donors (Lipinski definition) is 1. The first-order valence-electron chi connectivity index (χ1n) is 11.5. The lowest BCUT2D eigenvalue weighted by molar-refractivity contribution is 0.0996. The van der Waals surface area contributed by atoms with E-state index in [1.165, 1.54) is 35.6 Å². The molecule has 0 saturated carbocycles. The Morgan fingerprint density at radius 1 is 1.00 bits per heavy atom. The predicted octanol–water partition coefficient (Wildman–Crippen LogP) is 4.30. The number of nitrogens with one attached hydrogen (secondary N) is 1. The second kappa shape index (κ2) is 11.6. The lowest BCUT2D eigenvalue weighted by Crippen LogP contribution is -2.19. The summed E-state index contributed by atoms with van der Waals surface area (Å²) in [6, 6.07) is 17.9. The Kier molecular flexibility index (Phi) is 8.27. The van der Waals surface area contributed by atoms with E-state index in [4.69, 9.17) is 14.2 Å². The summed E-state index contributed by atoms with van der Waals surface area (Å²) in [5, 5.41) is 0. The molecule has 0 atom stereocenters. The molecule has 0 aliphatic heterocycles. The summed E-state index contributed by atoms with van der Waals surface area (Å²) in [4.78, 5) is 18.1. The van der Waals surface area contributed by atoms with Gasteiger partial charge in [0, 0.05) is 36.5 Å². The van der Waals surface area contributed by atoms with Crippen LogP contribution in [0.3, 0.4) is 0 Å². The molecule has 0 saturated heterocycles. The number of thiazole rings is 1. The number of nitrogens with zero attached hydrogens (tertiary/aromatic N) is 2. The zero-order valence-corrected chi connectivity index (χ0v) is 22.3. The number of carbonyl (C=O) groups is 1. The Labute approximate surface area is 219 Å². The van der Waals surface area contributed by atoms with Gasteiger partial charge in [-0.05, 0) is 43.3 Å². The van der Waals surface area contributed by atoms with Gasteiger partial charge in [0.15, 0.2) is 16.3 Å². The third-order valence-electron chi connectivity index (χ3n) is 5.49. The fourth-order valence-corrected chi connectivity index (χ4v) is 5.79. The molecule has 0 radical (unpaired) electrons. The molecule has 1 amide bonds. The van der Waals surface area contributed by atoms with Crippen molar-refractivity contribution in [1.82, 2.24) is 4.57 Å². The highest BCUT2D eigenvalue weighted by atomic mass is 32.2. The quantitative estimate of drug-likeness (QED) is 0.300. The van der Waals surface area contributed by atoms with Gasteiger partial charge in [-0.1, -0.05) is 29.5 Å². The van der Waals surface area contributed by atoms with Crippen LogP contribution in [0.1, 0.15) is 17.3 Å². The van der Waals surface area contributed by atoms with Gasteiger partial charge in [0.1, 0.15) is 0 Å². The average Bonchev–Trinajstić information content (AvgIpc) is 3.24. The molecular formula is C26H27N3O6S2. The Bertz CT molecular complexity index is 1560. The standard InChI is InChI=1S/C26H27N3O6S2/c1-4-35-15-14-29-21-16-22(33-2)23(34-3)17-24(21)36-26(29)27-25(30)18-10-12-19(13-11-18)28-37(31,32)20-8-6-5-7-9-20/h5-13,16-17,28H,4,14-15H2,1-3H3. The molecule has 11 heteroatoms. The summed E-state index contributed by atoms with van der Waals surface area (Å²) in [6.45, 7) is 3.44. The minimum atomic E-state index is -3.73. The summed E-state index contributed by atoms with van der Waals surface area (Å²) in [5.41, 5.74) is 1.51. The minimum absolute atomic E-state index is 0.153. The van der Waals surface area contributed by atoms with Gasteiger partial charge in [0.25, 0.3) is 15.9 Å². The second-order valence-electron chi connectivity index (χ2n) is 7.82. The summed E-state index contributed by atoms with van der Waals surface area (Å²) >= 11 is 1.35. The van der Waals surface area contributed by atoms with Crippen LogP contribution in [0.4, 0.5) is 5.69 Å².